The molecule has 3 heteroatoms. The van der Waals surface area contributed by atoms with Gasteiger partial charge in [0.15, 0.2) is 0 Å². The molecule has 4 aliphatic carbocycles. The molecule has 2 aromatic carbocycles. The molecule has 0 amide bonds. The molecule has 0 radical (unpaired) electrons. The van der Waals surface area contributed by atoms with Crippen LogP contribution in [0.5, 0.6) is 0 Å². The van der Waals surface area contributed by atoms with E-state index in [1.54, 1.807) is 0 Å². The molecular formula is C26H19NO2. The van der Waals surface area contributed by atoms with Crippen LogP contribution in [0.15, 0.2) is 66.9 Å². The Morgan fingerprint density at radius 3 is 2.21 bits per heavy atom. The Kier molecular flexibility index (Phi) is 2.58. The van der Waals surface area contributed by atoms with Crippen LogP contribution in [0.3, 0.4) is 0 Å². The first-order valence-electron chi connectivity index (χ1n) is 10.3. The number of pyridine rings is 1. The molecular weight excluding hydrogens is 358 g/mol. The van der Waals surface area contributed by atoms with Crippen LogP contribution in [0.1, 0.15) is 36.8 Å². The average molecular weight is 377 g/mol. The van der Waals surface area contributed by atoms with Gasteiger partial charge in [0.05, 0.1) is 11.1 Å². The van der Waals surface area contributed by atoms with Gasteiger partial charge in [0.2, 0.25) is 0 Å². The normalized spacial score (nSPS) is 32.8. The molecule has 3 nitrogen and oxygen atoms in total. The van der Waals surface area contributed by atoms with E-state index >= 15 is 0 Å². The van der Waals surface area contributed by atoms with Gasteiger partial charge in [-0.3, -0.25) is 14.6 Å². The standard InChI is InChI=1S/C26H19NO2/c28-21-12-25-14-24(21)15-26(25,13-22(24)29)20-11-17(16-5-2-1-3-6-16)8-9-18(20)23-19(25)7-4-10-27-23/h1-11H,12-15H2. The van der Waals surface area contributed by atoms with Crippen LogP contribution in [0.4, 0.5) is 0 Å². The van der Waals surface area contributed by atoms with Crippen molar-refractivity contribution in [2.24, 2.45) is 5.41 Å². The Labute approximate surface area is 168 Å². The Hall–Kier alpha value is -3.07. The fourth-order valence-electron chi connectivity index (χ4n) is 7.19. The van der Waals surface area contributed by atoms with E-state index < -0.39 is 5.41 Å². The number of benzene rings is 2. The molecule has 4 aliphatic rings. The molecule has 0 N–H and O–H groups in total. The van der Waals surface area contributed by atoms with Gasteiger partial charge in [0.25, 0.3) is 0 Å². The van der Waals surface area contributed by atoms with Crippen molar-refractivity contribution in [3.05, 3.63) is 78.0 Å². The maximum atomic E-state index is 13.1. The maximum absolute atomic E-state index is 13.1. The van der Waals surface area contributed by atoms with Crippen LogP contribution in [0, 0.1) is 5.41 Å². The van der Waals surface area contributed by atoms with E-state index in [4.69, 9.17) is 4.98 Å². The lowest BCUT2D eigenvalue weighted by Gasteiger charge is -2.50. The van der Waals surface area contributed by atoms with Gasteiger partial charge in [-0.2, -0.15) is 0 Å². The zero-order valence-electron chi connectivity index (χ0n) is 15.9. The summed E-state index contributed by atoms with van der Waals surface area (Å²) in [7, 11) is 0. The summed E-state index contributed by atoms with van der Waals surface area (Å²) in [5.41, 5.74) is 5.58. The molecule has 0 aliphatic heterocycles. The number of hydrogen-bond acceptors (Lipinski definition) is 3. The van der Waals surface area contributed by atoms with Gasteiger partial charge >= 0.3 is 0 Å². The molecule has 140 valence electrons. The number of Topliss-reactive ketones (excluding diaryl/α,β-unsaturated/α-hetero) is 2. The number of aromatic nitrogens is 1. The SMILES string of the molecule is O=C1CC23CC14CC2(CC4=O)c1cccnc1-c1ccc(-c2ccccc2)cc13. The number of fused-ring (bicyclic) bond motifs is 3. The lowest BCUT2D eigenvalue weighted by Crippen LogP contribution is -2.48. The fourth-order valence-corrected chi connectivity index (χ4v) is 7.19. The summed E-state index contributed by atoms with van der Waals surface area (Å²) in [4.78, 5) is 30.9. The molecule has 3 bridgehead atoms. The molecule has 3 aromatic rings. The Bertz CT molecular complexity index is 1260. The van der Waals surface area contributed by atoms with E-state index in [1.165, 1.54) is 16.7 Å². The minimum atomic E-state index is -0.753. The molecule has 1 aromatic heterocycles. The highest BCUT2D eigenvalue weighted by molar-refractivity contribution is 6.15. The van der Waals surface area contributed by atoms with E-state index in [2.05, 4.69) is 48.5 Å². The first-order chi connectivity index (χ1) is 14.1. The predicted octanol–water partition coefficient (Wildman–Crippen LogP) is 4.63. The summed E-state index contributed by atoms with van der Waals surface area (Å²) in [5.74, 6) is 0.326. The highest BCUT2D eigenvalue weighted by atomic mass is 16.2. The number of rotatable bonds is 1. The predicted molar refractivity (Wildman–Crippen MR) is 109 cm³/mol. The minimum absolute atomic E-state index is 0.160. The van der Waals surface area contributed by atoms with E-state index in [-0.39, 0.29) is 22.4 Å². The van der Waals surface area contributed by atoms with Crippen LogP contribution in [0.2, 0.25) is 0 Å². The van der Waals surface area contributed by atoms with Crippen molar-refractivity contribution in [1.29, 1.82) is 0 Å². The lowest BCUT2D eigenvalue weighted by molar-refractivity contribution is -0.136. The topological polar surface area (TPSA) is 47.0 Å². The zero-order valence-corrected chi connectivity index (χ0v) is 15.9. The monoisotopic (exact) mass is 377 g/mol. The highest BCUT2D eigenvalue weighted by Gasteiger charge is 2.80. The van der Waals surface area contributed by atoms with Crippen LogP contribution in [-0.2, 0) is 20.4 Å². The van der Waals surface area contributed by atoms with E-state index in [0.717, 1.165) is 16.8 Å². The van der Waals surface area contributed by atoms with Crippen LogP contribution < -0.4 is 0 Å². The number of ketones is 2. The number of nitrogens with zero attached hydrogens (tertiary/aromatic N) is 1. The minimum Gasteiger partial charge on any atom is -0.299 e. The molecule has 3 atom stereocenters. The maximum Gasteiger partial charge on any atom is 0.147 e. The van der Waals surface area contributed by atoms with Crippen molar-refractivity contribution >= 4 is 11.6 Å². The molecule has 3 unspecified atom stereocenters. The third-order valence-electron chi connectivity index (χ3n) is 8.34. The van der Waals surface area contributed by atoms with Gasteiger partial charge in [-0.15, -0.1) is 0 Å². The van der Waals surface area contributed by atoms with E-state index in [9.17, 15) is 9.59 Å². The molecule has 3 saturated carbocycles. The van der Waals surface area contributed by atoms with E-state index in [1.807, 2.05) is 18.3 Å². The number of hydrogen-bond donors (Lipinski definition) is 0. The summed E-state index contributed by atoms with van der Waals surface area (Å²) < 4.78 is 0. The first kappa shape index (κ1) is 15.8. The molecule has 1 heterocycles. The van der Waals surface area contributed by atoms with Crippen LogP contribution in [-0.4, -0.2) is 16.6 Å². The van der Waals surface area contributed by atoms with Gasteiger partial charge in [0.1, 0.15) is 11.6 Å². The quantitative estimate of drug-likeness (QED) is 0.581. The fraction of sp³-hybridized carbons (Fsp3) is 0.269. The summed E-state index contributed by atoms with van der Waals surface area (Å²) in [6.07, 6.45) is 4.15. The van der Waals surface area contributed by atoms with Gasteiger partial charge in [-0.1, -0.05) is 48.5 Å². The van der Waals surface area contributed by atoms with Crippen molar-refractivity contribution in [2.75, 3.05) is 0 Å². The second-order valence-corrected chi connectivity index (χ2v) is 9.33. The van der Waals surface area contributed by atoms with Crippen LogP contribution >= 0.6 is 0 Å². The zero-order chi connectivity index (χ0) is 19.4. The Balaban J connectivity index is 1.57. The molecule has 29 heavy (non-hydrogen) atoms. The molecule has 3 spiro atoms. The lowest BCUT2D eigenvalue weighted by atomic mass is 9.52. The van der Waals surface area contributed by atoms with E-state index in [0.29, 0.717) is 25.7 Å². The van der Waals surface area contributed by atoms with Gasteiger partial charge in [0, 0.05) is 35.4 Å². The second-order valence-electron chi connectivity index (χ2n) is 9.33. The smallest absolute Gasteiger partial charge is 0.147 e. The Morgan fingerprint density at radius 1 is 0.724 bits per heavy atom. The average Bonchev–Trinajstić information content (AvgIpc) is 3.33. The molecule has 3 fully saturated rings. The second kappa shape index (κ2) is 4.73. The summed E-state index contributed by atoms with van der Waals surface area (Å²) in [6.45, 7) is 0. The summed E-state index contributed by atoms with van der Waals surface area (Å²) in [6, 6.07) is 21.1. The molecule has 7 rings (SSSR count). The van der Waals surface area contributed by atoms with Crippen molar-refractivity contribution in [1.82, 2.24) is 4.98 Å². The highest BCUT2D eigenvalue weighted by Crippen LogP contribution is 2.78. The first-order valence-corrected chi connectivity index (χ1v) is 10.3. The third-order valence-corrected chi connectivity index (χ3v) is 8.34. The van der Waals surface area contributed by atoms with Crippen molar-refractivity contribution in [3.8, 4) is 22.4 Å². The largest absolute Gasteiger partial charge is 0.299 e. The van der Waals surface area contributed by atoms with Gasteiger partial charge in [-0.05, 0) is 47.2 Å². The van der Waals surface area contributed by atoms with Crippen molar-refractivity contribution in [3.63, 3.8) is 0 Å². The van der Waals surface area contributed by atoms with Gasteiger partial charge in [-0.25, -0.2) is 0 Å². The van der Waals surface area contributed by atoms with Gasteiger partial charge < -0.3 is 0 Å². The third kappa shape index (κ3) is 1.55. The Morgan fingerprint density at radius 2 is 1.45 bits per heavy atom. The van der Waals surface area contributed by atoms with Crippen LogP contribution in [0.25, 0.3) is 22.4 Å². The summed E-state index contributed by atoms with van der Waals surface area (Å²) >= 11 is 0. The van der Waals surface area contributed by atoms with Crippen molar-refractivity contribution in [2.45, 2.75) is 36.5 Å². The summed E-state index contributed by atoms with van der Waals surface area (Å²) in [5, 5.41) is 0. The molecule has 0 saturated heterocycles. The number of carbonyl (C=O) groups is 2. The number of carbonyl (C=O) groups excluding carboxylic acids is 2. The van der Waals surface area contributed by atoms with Crippen molar-refractivity contribution < 1.29 is 9.59 Å².